The second kappa shape index (κ2) is 4.75. The molecule has 0 aromatic carbocycles. The van der Waals surface area contributed by atoms with Crippen LogP contribution < -0.4 is 5.84 Å². The van der Waals surface area contributed by atoms with E-state index in [0.29, 0.717) is 0 Å². The van der Waals surface area contributed by atoms with E-state index in [0.717, 1.165) is 37.2 Å². The fourth-order valence-corrected chi connectivity index (χ4v) is 2.06. The Morgan fingerprint density at radius 2 is 1.80 bits per heavy atom. The van der Waals surface area contributed by atoms with Gasteiger partial charge in [0.2, 0.25) is 0 Å². The van der Waals surface area contributed by atoms with Gasteiger partial charge >= 0.3 is 0 Å². The summed E-state index contributed by atoms with van der Waals surface area (Å²) in [6.45, 7) is 5.18. The predicted octanol–water partition coefficient (Wildman–Crippen LogP) is 0.277. The van der Waals surface area contributed by atoms with Gasteiger partial charge in [-0.15, -0.1) is 0 Å². The second-order valence-corrected chi connectivity index (χ2v) is 9.26. The van der Waals surface area contributed by atoms with Gasteiger partial charge in [0.15, 0.2) is 0 Å². The van der Waals surface area contributed by atoms with E-state index in [2.05, 4.69) is 37.0 Å². The van der Waals surface area contributed by atoms with Crippen LogP contribution in [-0.2, 0) is 0 Å². The van der Waals surface area contributed by atoms with E-state index in [1.165, 1.54) is 0 Å². The van der Waals surface area contributed by atoms with Crippen LogP contribution in [0.3, 0.4) is 0 Å². The molecule has 88 valence electrons. The first-order valence-corrected chi connectivity index (χ1v) is 8.18. The largest absolute Gasteiger partial charge is 0.314 e. The third kappa shape index (κ3) is 4.89. The molecule has 0 saturated carbocycles. The average molecular weight is 230 g/mol. The van der Waals surface area contributed by atoms with E-state index in [1.54, 1.807) is 0 Å². The Balaban J connectivity index is 2.46. The summed E-state index contributed by atoms with van der Waals surface area (Å²) >= 11 is 0. The number of likely N-dealkylation sites (N-methyl/N-ethyl adjacent to an activating group) is 1. The maximum Gasteiger partial charge on any atom is 0.141 e. The van der Waals surface area contributed by atoms with E-state index < -0.39 is 10.0 Å². The first kappa shape index (κ1) is 12.9. The molecule has 2 N–H and O–H groups in total. The van der Waals surface area contributed by atoms with Gasteiger partial charge in [-0.05, 0) is 29.9 Å². The molecule has 0 aromatic heterocycles. The molecule has 15 heavy (non-hydrogen) atoms. The summed E-state index contributed by atoms with van der Waals surface area (Å²) < 4.78 is 1.05. The first-order valence-electron chi connectivity index (χ1n) is 5.32. The van der Waals surface area contributed by atoms with Gasteiger partial charge in [-0.25, -0.2) is 5.01 Å². The number of hydrogen-bond donors (Lipinski definition) is 1. The summed E-state index contributed by atoms with van der Waals surface area (Å²) in [7, 11) is 1.61. The molecule has 0 atom stereocenters. The third-order valence-electron chi connectivity index (χ3n) is 2.69. The molecule has 0 amide bonds. The molecule has 0 unspecified atom stereocenters. The molecule has 0 bridgehead atoms. The highest BCUT2D eigenvalue weighted by Gasteiger charge is 2.26. The predicted molar refractivity (Wildman–Crippen MR) is 69.7 cm³/mol. The summed E-state index contributed by atoms with van der Waals surface area (Å²) in [5.41, 5.74) is 0. The van der Waals surface area contributed by atoms with Gasteiger partial charge in [-0.1, -0.05) is 0 Å². The zero-order valence-corrected chi connectivity index (χ0v) is 11.2. The third-order valence-corrected chi connectivity index (χ3v) is 3.45. The van der Waals surface area contributed by atoms with Crippen molar-refractivity contribution in [1.82, 2.24) is 5.01 Å². The number of nitrogens with zero attached hydrogens (tertiary/aromatic N) is 2. The van der Waals surface area contributed by atoms with Crippen LogP contribution in [-0.4, -0.2) is 68.0 Å². The average Bonchev–Trinajstić information content (AvgIpc) is 2.09. The van der Waals surface area contributed by atoms with E-state index >= 15 is 0 Å². The van der Waals surface area contributed by atoms with Gasteiger partial charge in [-0.3, -0.25) is 5.84 Å². The lowest BCUT2D eigenvalue weighted by atomic mass is 10.3. The minimum atomic E-state index is -0.669. The lowest BCUT2D eigenvalue weighted by molar-refractivity contribution is -0.907. The summed E-state index contributed by atoms with van der Waals surface area (Å²) in [6, 6.07) is 0. The Hall–Kier alpha value is -0.210. The van der Waals surface area contributed by atoms with Gasteiger partial charge in [0.25, 0.3) is 0 Å². The quantitative estimate of drug-likeness (QED) is 0.398. The molecule has 1 aliphatic rings. The van der Waals surface area contributed by atoms with Crippen molar-refractivity contribution in [3.8, 4) is 11.2 Å². The Kier molecular flexibility index (Phi) is 4.07. The number of rotatable bonds is 1. The molecule has 0 aliphatic carbocycles. The summed E-state index contributed by atoms with van der Waals surface area (Å²) in [4.78, 5) is 0. The van der Waals surface area contributed by atoms with Crippen molar-refractivity contribution < 1.29 is 4.48 Å². The smallest absolute Gasteiger partial charge is 0.141 e. The van der Waals surface area contributed by atoms with Crippen LogP contribution in [0.15, 0.2) is 0 Å². The lowest BCUT2D eigenvalue weighted by Gasteiger charge is -2.39. The van der Waals surface area contributed by atoms with E-state index in [9.17, 15) is 0 Å². The highest BCUT2D eigenvalue weighted by Crippen LogP contribution is 2.32. The van der Waals surface area contributed by atoms with Gasteiger partial charge in [-0.2, -0.15) is 10.0 Å². The van der Waals surface area contributed by atoms with Crippen molar-refractivity contribution >= 4 is 10.0 Å². The second-order valence-electron chi connectivity index (χ2n) is 5.38. The van der Waals surface area contributed by atoms with Gasteiger partial charge < -0.3 is 4.48 Å². The van der Waals surface area contributed by atoms with Crippen molar-refractivity contribution in [3.05, 3.63) is 0 Å². The molecule has 1 aliphatic heterocycles. The molecule has 0 spiro atoms. The molecular weight excluding hydrogens is 206 g/mol. The van der Waals surface area contributed by atoms with Gasteiger partial charge in [0, 0.05) is 0 Å². The van der Waals surface area contributed by atoms with Crippen LogP contribution in [0.4, 0.5) is 0 Å². The number of hydrogen-bond acceptors (Lipinski definition) is 2. The molecule has 1 heterocycles. The van der Waals surface area contributed by atoms with Gasteiger partial charge in [0.05, 0.1) is 33.2 Å². The maximum absolute atomic E-state index is 5.75. The van der Waals surface area contributed by atoms with Crippen LogP contribution in [0.25, 0.3) is 0 Å². The fourth-order valence-electron chi connectivity index (χ4n) is 1.56. The van der Waals surface area contributed by atoms with Gasteiger partial charge in [0.1, 0.15) is 6.54 Å². The highest BCUT2D eigenvalue weighted by molar-refractivity contribution is 8.35. The first-order chi connectivity index (χ1) is 6.81. The molecule has 4 heteroatoms. The standard InChI is InChI=1S/C11H24N3S/c1-14(8-5-11-15(2,3)4)9-6-13(12)7-10-14/h6-10,12H2,1-4H3/q+1. The Labute approximate surface area is 95.5 Å². The summed E-state index contributed by atoms with van der Waals surface area (Å²) in [5, 5.41) is 5.28. The van der Waals surface area contributed by atoms with Crippen molar-refractivity contribution in [3.63, 3.8) is 0 Å². The van der Waals surface area contributed by atoms with Crippen molar-refractivity contribution in [2.45, 2.75) is 0 Å². The normalized spacial score (nSPS) is 23.0. The Morgan fingerprint density at radius 3 is 2.27 bits per heavy atom. The monoisotopic (exact) mass is 230 g/mol. The number of nitrogens with two attached hydrogens (primary N) is 1. The van der Waals surface area contributed by atoms with Crippen LogP contribution in [0, 0.1) is 11.2 Å². The van der Waals surface area contributed by atoms with Crippen LogP contribution >= 0.6 is 10.0 Å². The zero-order chi connectivity index (χ0) is 11.5. The zero-order valence-electron chi connectivity index (χ0n) is 10.4. The van der Waals surface area contributed by atoms with Crippen LogP contribution in [0.5, 0.6) is 0 Å². The van der Waals surface area contributed by atoms with Crippen molar-refractivity contribution in [2.24, 2.45) is 5.84 Å². The minimum Gasteiger partial charge on any atom is -0.314 e. The Bertz CT molecular complexity index is 264. The van der Waals surface area contributed by atoms with E-state index in [4.69, 9.17) is 5.84 Å². The SMILES string of the molecule is C[N+]1(CC#CS(C)(C)C)CCN(N)CC1. The Morgan fingerprint density at radius 1 is 1.27 bits per heavy atom. The number of piperazine rings is 1. The maximum atomic E-state index is 5.75. The topological polar surface area (TPSA) is 29.3 Å². The lowest BCUT2D eigenvalue weighted by Crippen LogP contribution is -2.58. The number of quaternary nitrogens is 1. The van der Waals surface area contributed by atoms with E-state index in [-0.39, 0.29) is 0 Å². The molecule has 1 rings (SSSR count). The summed E-state index contributed by atoms with van der Waals surface area (Å²) in [5.74, 6) is 9.10. The molecule has 3 nitrogen and oxygen atoms in total. The molecular formula is C11H24N3S+. The van der Waals surface area contributed by atoms with Crippen LogP contribution in [0.1, 0.15) is 0 Å². The van der Waals surface area contributed by atoms with Crippen molar-refractivity contribution in [1.29, 1.82) is 0 Å². The molecule has 0 radical (unpaired) electrons. The van der Waals surface area contributed by atoms with Crippen LogP contribution in [0.2, 0.25) is 0 Å². The minimum absolute atomic E-state index is 0.669. The summed E-state index contributed by atoms with van der Waals surface area (Å²) in [6.07, 6.45) is 6.70. The molecule has 1 fully saturated rings. The van der Waals surface area contributed by atoms with Crippen molar-refractivity contribution in [2.75, 3.05) is 58.5 Å². The highest BCUT2D eigenvalue weighted by atomic mass is 32.3. The number of hydrazine groups is 1. The molecule has 0 aromatic rings. The fraction of sp³-hybridized carbons (Fsp3) is 0.818. The molecule has 1 saturated heterocycles. The van der Waals surface area contributed by atoms with E-state index in [1.807, 2.05) is 5.01 Å².